The number of carbonyl (C=O) groups is 1. The van der Waals surface area contributed by atoms with Gasteiger partial charge in [-0.05, 0) is 66.8 Å². The third kappa shape index (κ3) is 8.49. The molecular formula is C20H24F2O4S. The first-order valence-electron chi connectivity index (χ1n) is 8.84. The lowest BCUT2D eigenvalue weighted by atomic mass is 10.1. The lowest BCUT2D eigenvalue weighted by molar-refractivity contribution is -0.137. The molecule has 0 atom stereocenters. The Kier molecular flexibility index (Phi) is 8.67. The van der Waals surface area contributed by atoms with Crippen LogP contribution in [0.4, 0.5) is 8.78 Å². The molecule has 0 saturated heterocycles. The van der Waals surface area contributed by atoms with Crippen molar-refractivity contribution in [3.63, 3.8) is 0 Å². The summed E-state index contributed by atoms with van der Waals surface area (Å²) in [6, 6.07) is 1.90. The molecule has 0 spiro atoms. The van der Waals surface area contributed by atoms with E-state index in [1.807, 2.05) is 11.4 Å². The number of halogens is 2. The van der Waals surface area contributed by atoms with E-state index in [0.717, 1.165) is 16.7 Å². The zero-order valence-electron chi connectivity index (χ0n) is 15.2. The number of thiophene rings is 1. The third-order valence-corrected chi connectivity index (χ3v) is 4.82. The van der Waals surface area contributed by atoms with Crippen molar-refractivity contribution in [2.24, 2.45) is 5.92 Å². The number of hydrogen-bond donors (Lipinski definition) is 1. The van der Waals surface area contributed by atoms with E-state index in [2.05, 4.69) is 0 Å². The van der Waals surface area contributed by atoms with E-state index in [1.165, 1.54) is 43.3 Å². The first kappa shape index (κ1) is 21.3. The molecule has 0 aliphatic heterocycles. The van der Waals surface area contributed by atoms with Crippen LogP contribution in [0, 0.1) is 5.92 Å². The van der Waals surface area contributed by atoms with Gasteiger partial charge < -0.3 is 14.6 Å². The largest absolute Gasteiger partial charge is 0.498 e. The Morgan fingerprint density at radius 2 is 2.15 bits per heavy atom. The third-order valence-electron chi connectivity index (χ3n) is 3.81. The van der Waals surface area contributed by atoms with Gasteiger partial charge in [-0.2, -0.15) is 0 Å². The maximum Gasteiger partial charge on any atom is 0.303 e. The lowest BCUT2D eigenvalue weighted by Gasteiger charge is -2.07. The highest BCUT2D eigenvalue weighted by Crippen LogP contribution is 2.32. The molecule has 1 N–H and O–H groups in total. The molecule has 1 fully saturated rings. The maximum absolute atomic E-state index is 14.1. The molecule has 27 heavy (non-hydrogen) atoms. The first-order valence-corrected chi connectivity index (χ1v) is 9.72. The highest BCUT2D eigenvalue weighted by Gasteiger charge is 2.21. The molecule has 0 amide bonds. The fourth-order valence-electron chi connectivity index (χ4n) is 2.34. The maximum atomic E-state index is 14.1. The number of carboxylic acid groups (broad SMARTS) is 1. The van der Waals surface area contributed by atoms with Crippen molar-refractivity contribution in [1.29, 1.82) is 0 Å². The Labute approximate surface area is 161 Å². The molecule has 1 saturated carbocycles. The fraction of sp³-hybridized carbons (Fsp3) is 0.450. The summed E-state index contributed by atoms with van der Waals surface area (Å²) in [4.78, 5) is 11.2. The van der Waals surface area contributed by atoms with E-state index in [0.29, 0.717) is 24.7 Å². The molecule has 148 valence electrons. The van der Waals surface area contributed by atoms with E-state index in [4.69, 9.17) is 14.6 Å². The van der Waals surface area contributed by atoms with Crippen LogP contribution in [0.2, 0.25) is 0 Å². The van der Waals surface area contributed by atoms with Gasteiger partial charge in [0.2, 0.25) is 0 Å². The Morgan fingerprint density at radius 3 is 2.81 bits per heavy atom. The van der Waals surface area contributed by atoms with Crippen LogP contribution >= 0.6 is 11.3 Å². The van der Waals surface area contributed by atoms with Gasteiger partial charge in [0.25, 0.3) is 0 Å². The molecule has 2 rings (SSSR count). The Bertz CT molecular complexity index is 713. The summed E-state index contributed by atoms with van der Waals surface area (Å²) in [6.07, 6.45) is 6.04. The molecular weight excluding hydrogens is 374 g/mol. The van der Waals surface area contributed by atoms with Crippen molar-refractivity contribution in [2.45, 2.75) is 39.2 Å². The summed E-state index contributed by atoms with van der Waals surface area (Å²) in [5, 5.41) is 10.4. The van der Waals surface area contributed by atoms with Crippen molar-refractivity contribution >= 4 is 22.9 Å². The van der Waals surface area contributed by atoms with Crippen molar-refractivity contribution < 1.29 is 28.2 Å². The highest BCUT2D eigenvalue weighted by molar-refractivity contribution is 7.11. The fourth-order valence-corrected chi connectivity index (χ4v) is 3.24. The second-order valence-corrected chi connectivity index (χ2v) is 7.35. The van der Waals surface area contributed by atoms with Crippen LogP contribution in [0.5, 0.6) is 0 Å². The average Bonchev–Trinajstić information content (AvgIpc) is 3.29. The molecule has 0 bridgehead atoms. The van der Waals surface area contributed by atoms with Crippen LogP contribution in [0.15, 0.2) is 41.5 Å². The summed E-state index contributed by atoms with van der Waals surface area (Å²) in [6.45, 7) is 2.52. The zero-order valence-corrected chi connectivity index (χ0v) is 16.1. The average molecular weight is 398 g/mol. The van der Waals surface area contributed by atoms with Crippen LogP contribution in [0.25, 0.3) is 5.57 Å². The minimum Gasteiger partial charge on any atom is -0.498 e. The van der Waals surface area contributed by atoms with E-state index in [-0.39, 0.29) is 19.4 Å². The van der Waals surface area contributed by atoms with Crippen molar-refractivity contribution in [1.82, 2.24) is 0 Å². The summed E-state index contributed by atoms with van der Waals surface area (Å²) in [5.74, 6) is -1.39. The van der Waals surface area contributed by atoms with Crippen LogP contribution in [-0.4, -0.2) is 24.3 Å². The first-order chi connectivity index (χ1) is 13.0. The standard InChI is InChI=1S/C20H24F2O4S/c1-14(21)9-17(10-18(22)13-25-7-2-3-19(23)24)20-16(6-8-27-20)12-26-11-15-4-5-15/h6,8-10,13,15H,2-5,7,11-12H2,1H3,(H,23,24)/b14-9+,17-10+,18-13-. The quantitative estimate of drug-likeness (QED) is 0.282. The van der Waals surface area contributed by atoms with Gasteiger partial charge in [-0.1, -0.05) is 0 Å². The van der Waals surface area contributed by atoms with Gasteiger partial charge in [-0.3, -0.25) is 4.79 Å². The Morgan fingerprint density at radius 1 is 1.37 bits per heavy atom. The second kappa shape index (κ2) is 11.0. The smallest absolute Gasteiger partial charge is 0.303 e. The van der Waals surface area contributed by atoms with E-state index in [1.54, 1.807) is 0 Å². The van der Waals surface area contributed by atoms with Crippen molar-refractivity contribution in [3.05, 3.63) is 52.0 Å². The number of carboxylic acids is 1. The van der Waals surface area contributed by atoms with Crippen LogP contribution in [0.3, 0.4) is 0 Å². The van der Waals surface area contributed by atoms with Crippen molar-refractivity contribution in [3.8, 4) is 0 Å². The number of rotatable bonds is 12. The monoisotopic (exact) mass is 398 g/mol. The molecule has 1 heterocycles. The van der Waals surface area contributed by atoms with Gasteiger partial charge >= 0.3 is 5.97 Å². The van der Waals surface area contributed by atoms with E-state index >= 15 is 0 Å². The molecule has 1 aromatic rings. The van der Waals surface area contributed by atoms with Crippen LogP contribution in [0.1, 0.15) is 43.0 Å². The molecule has 7 heteroatoms. The molecule has 0 unspecified atom stereocenters. The molecule has 0 radical (unpaired) electrons. The number of hydrogen-bond acceptors (Lipinski definition) is 4. The van der Waals surface area contributed by atoms with Gasteiger partial charge in [0.05, 0.1) is 19.0 Å². The van der Waals surface area contributed by atoms with E-state index in [9.17, 15) is 13.6 Å². The number of allylic oxidation sites excluding steroid dienone is 5. The summed E-state index contributed by atoms with van der Waals surface area (Å²) >= 11 is 1.39. The molecule has 1 aliphatic carbocycles. The highest BCUT2D eigenvalue weighted by atomic mass is 32.1. The van der Waals surface area contributed by atoms with Gasteiger partial charge in [-0.25, -0.2) is 8.78 Å². The zero-order chi connectivity index (χ0) is 19.6. The predicted octanol–water partition coefficient (Wildman–Crippen LogP) is 5.62. The minimum atomic E-state index is -0.928. The van der Waals surface area contributed by atoms with Gasteiger partial charge in [0, 0.05) is 17.9 Å². The number of ether oxygens (including phenoxy) is 2. The SMILES string of the molecule is C\C(F)=C/C(=C\C(F)=C\OCCCC(=O)O)c1sccc1COCC1CC1. The Hall–Kier alpha value is -1.99. The van der Waals surface area contributed by atoms with Crippen LogP contribution in [-0.2, 0) is 20.9 Å². The van der Waals surface area contributed by atoms with Crippen molar-refractivity contribution in [2.75, 3.05) is 13.2 Å². The van der Waals surface area contributed by atoms with Gasteiger partial charge in [0.1, 0.15) is 6.26 Å². The van der Waals surface area contributed by atoms with Gasteiger partial charge in [-0.15, -0.1) is 11.3 Å². The second-order valence-electron chi connectivity index (χ2n) is 6.44. The molecule has 1 aromatic heterocycles. The molecule has 0 aromatic carbocycles. The van der Waals surface area contributed by atoms with Crippen LogP contribution < -0.4 is 0 Å². The minimum absolute atomic E-state index is 0.0419. The lowest BCUT2D eigenvalue weighted by Crippen LogP contribution is -1.98. The summed E-state index contributed by atoms with van der Waals surface area (Å²) in [5.41, 5.74) is 1.29. The Balaban J connectivity index is 2.03. The summed E-state index contributed by atoms with van der Waals surface area (Å²) in [7, 11) is 0. The predicted molar refractivity (Wildman–Crippen MR) is 102 cm³/mol. The van der Waals surface area contributed by atoms with E-state index < -0.39 is 17.6 Å². The molecule has 1 aliphatic rings. The summed E-state index contributed by atoms with van der Waals surface area (Å²) < 4.78 is 38.3. The topological polar surface area (TPSA) is 55.8 Å². The van der Waals surface area contributed by atoms with Gasteiger partial charge in [0.15, 0.2) is 5.83 Å². The molecule has 4 nitrogen and oxygen atoms in total. The number of aliphatic carboxylic acids is 1. The normalized spacial score (nSPS) is 15.9.